The van der Waals surface area contributed by atoms with Crippen molar-refractivity contribution in [1.82, 2.24) is 5.32 Å². The first-order valence-electron chi connectivity index (χ1n) is 11.4. The molecule has 0 radical (unpaired) electrons. The number of sulfonamides is 1. The number of amides is 1. The van der Waals surface area contributed by atoms with Gasteiger partial charge in [0, 0.05) is 5.54 Å². The summed E-state index contributed by atoms with van der Waals surface area (Å²) in [4.78, 5) is 13.4. The SMILES string of the molecule is COc1ccc(S(=O)(=O)N2CC(C(=O)NC(C)(C)Cc3ccccc3)Oc3ccc(C)cc32)cc1. The third-order valence-corrected chi connectivity index (χ3v) is 7.67. The molecule has 1 amide bonds. The summed E-state index contributed by atoms with van der Waals surface area (Å²) in [6.07, 6.45) is -0.385. The van der Waals surface area contributed by atoms with Crippen molar-refractivity contribution in [2.24, 2.45) is 0 Å². The van der Waals surface area contributed by atoms with Crippen LogP contribution >= 0.6 is 0 Å². The molecule has 0 saturated carbocycles. The number of methoxy groups -OCH3 is 1. The van der Waals surface area contributed by atoms with Gasteiger partial charge in [0.05, 0.1) is 24.2 Å². The van der Waals surface area contributed by atoms with Crippen LogP contribution in [0.4, 0.5) is 5.69 Å². The largest absolute Gasteiger partial charge is 0.497 e. The van der Waals surface area contributed by atoms with Crippen molar-refractivity contribution in [3.63, 3.8) is 0 Å². The third-order valence-electron chi connectivity index (χ3n) is 5.87. The number of fused-ring (bicyclic) bond motifs is 1. The average Bonchev–Trinajstić information content (AvgIpc) is 2.83. The Morgan fingerprint density at radius 2 is 1.77 bits per heavy atom. The molecule has 4 rings (SSSR count). The first kappa shape index (κ1) is 24.6. The fourth-order valence-electron chi connectivity index (χ4n) is 4.16. The first-order valence-corrected chi connectivity index (χ1v) is 12.8. The molecule has 184 valence electrons. The Balaban J connectivity index is 1.62. The van der Waals surface area contributed by atoms with Crippen LogP contribution in [0.5, 0.6) is 11.5 Å². The summed E-state index contributed by atoms with van der Waals surface area (Å²) in [6.45, 7) is 5.61. The maximum absolute atomic E-state index is 13.7. The Labute approximate surface area is 206 Å². The zero-order valence-electron chi connectivity index (χ0n) is 20.3. The molecule has 1 atom stereocenters. The maximum Gasteiger partial charge on any atom is 0.264 e. The Morgan fingerprint density at radius 1 is 1.09 bits per heavy atom. The van der Waals surface area contributed by atoms with Gasteiger partial charge in [-0.1, -0.05) is 36.4 Å². The molecule has 3 aromatic rings. The van der Waals surface area contributed by atoms with Crippen molar-refractivity contribution in [2.75, 3.05) is 18.0 Å². The summed E-state index contributed by atoms with van der Waals surface area (Å²) in [7, 11) is -2.44. The molecule has 3 aromatic carbocycles. The average molecular weight is 495 g/mol. The molecule has 1 aliphatic rings. The van der Waals surface area contributed by atoms with E-state index in [1.54, 1.807) is 24.3 Å². The number of rotatable bonds is 7. The fraction of sp³-hybridized carbons (Fsp3) is 0.296. The highest BCUT2D eigenvalue weighted by Gasteiger charge is 2.39. The number of ether oxygens (including phenoxy) is 2. The topological polar surface area (TPSA) is 84.9 Å². The second kappa shape index (κ2) is 9.62. The summed E-state index contributed by atoms with van der Waals surface area (Å²) >= 11 is 0. The van der Waals surface area contributed by atoms with E-state index in [2.05, 4.69) is 5.32 Å². The van der Waals surface area contributed by atoms with E-state index in [0.29, 0.717) is 23.6 Å². The number of aryl methyl sites for hydroxylation is 1. The van der Waals surface area contributed by atoms with E-state index >= 15 is 0 Å². The van der Waals surface area contributed by atoms with Crippen LogP contribution in [0.15, 0.2) is 77.7 Å². The molecule has 0 saturated heterocycles. The summed E-state index contributed by atoms with van der Waals surface area (Å²) < 4.78 is 39.7. The summed E-state index contributed by atoms with van der Waals surface area (Å²) in [5, 5.41) is 3.04. The van der Waals surface area contributed by atoms with Gasteiger partial charge in [0.15, 0.2) is 6.10 Å². The minimum absolute atomic E-state index is 0.108. The van der Waals surface area contributed by atoms with Crippen LogP contribution in [0.1, 0.15) is 25.0 Å². The molecule has 35 heavy (non-hydrogen) atoms. The Morgan fingerprint density at radius 3 is 2.43 bits per heavy atom. The van der Waals surface area contributed by atoms with E-state index in [9.17, 15) is 13.2 Å². The first-order chi connectivity index (χ1) is 16.6. The van der Waals surface area contributed by atoms with Crippen molar-refractivity contribution < 1.29 is 22.7 Å². The molecule has 1 heterocycles. The van der Waals surface area contributed by atoms with Gasteiger partial charge in [-0.3, -0.25) is 9.10 Å². The standard InChI is InChI=1S/C27H30N2O5S/c1-19-10-15-24-23(16-19)29(35(31,32)22-13-11-21(33-4)12-14-22)18-25(34-24)26(30)28-27(2,3)17-20-8-6-5-7-9-20/h5-16,25H,17-18H2,1-4H3,(H,28,30). The van der Waals surface area contributed by atoms with Crippen LogP contribution in [-0.2, 0) is 21.2 Å². The third kappa shape index (κ3) is 5.43. The number of nitrogens with one attached hydrogen (secondary N) is 1. The number of hydrogen-bond acceptors (Lipinski definition) is 5. The van der Waals surface area contributed by atoms with Crippen molar-refractivity contribution in [1.29, 1.82) is 0 Å². The normalized spacial score (nSPS) is 15.7. The van der Waals surface area contributed by atoms with E-state index in [1.165, 1.54) is 23.5 Å². The Bertz CT molecular complexity index is 1310. The second-order valence-electron chi connectivity index (χ2n) is 9.32. The Hall–Kier alpha value is -3.52. The molecule has 0 fully saturated rings. The van der Waals surface area contributed by atoms with Crippen molar-refractivity contribution in [2.45, 2.75) is 43.7 Å². The monoisotopic (exact) mass is 494 g/mol. The quantitative estimate of drug-likeness (QED) is 0.535. The van der Waals surface area contributed by atoms with Gasteiger partial charge < -0.3 is 14.8 Å². The van der Waals surface area contributed by atoms with Gasteiger partial charge in [-0.2, -0.15) is 0 Å². The highest BCUT2D eigenvalue weighted by atomic mass is 32.2. The summed E-state index contributed by atoms with van der Waals surface area (Å²) in [6, 6.07) is 21.4. The van der Waals surface area contributed by atoms with E-state index in [0.717, 1.165) is 11.1 Å². The van der Waals surface area contributed by atoms with Crippen LogP contribution in [0.3, 0.4) is 0 Å². The van der Waals surface area contributed by atoms with Crippen LogP contribution in [0.25, 0.3) is 0 Å². The molecular weight excluding hydrogens is 464 g/mol. The molecule has 1 aliphatic heterocycles. The lowest BCUT2D eigenvalue weighted by atomic mass is 9.94. The maximum atomic E-state index is 13.7. The van der Waals surface area contributed by atoms with Crippen LogP contribution in [0, 0.1) is 6.92 Å². The van der Waals surface area contributed by atoms with Gasteiger partial charge in [0.2, 0.25) is 0 Å². The fourth-order valence-corrected chi connectivity index (χ4v) is 5.63. The minimum Gasteiger partial charge on any atom is -0.497 e. The number of anilines is 1. The molecule has 0 aromatic heterocycles. The van der Waals surface area contributed by atoms with E-state index in [1.807, 2.05) is 57.2 Å². The predicted molar refractivity (Wildman–Crippen MR) is 135 cm³/mol. The second-order valence-corrected chi connectivity index (χ2v) is 11.2. The van der Waals surface area contributed by atoms with Gasteiger partial charge in [-0.15, -0.1) is 0 Å². The van der Waals surface area contributed by atoms with E-state index in [4.69, 9.17) is 9.47 Å². The molecule has 7 nitrogen and oxygen atoms in total. The number of carbonyl (C=O) groups is 1. The predicted octanol–water partition coefficient (Wildman–Crippen LogP) is 4.10. The smallest absolute Gasteiger partial charge is 0.264 e. The number of carbonyl (C=O) groups excluding carboxylic acids is 1. The molecule has 0 spiro atoms. The van der Waals surface area contributed by atoms with Crippen LogP contribution < -0.4 is 19.1 Å². The lowest BCUT2D eigenvalue weighted by Gasteiger charge is -2.36. The molecule has 8 heteroatoms. The number of nitrogens with zero attached hydrogens (tertiary/aromatic N) is 1. The van der Waals surface area contributed by atoms with Crippen molar-refractivity contribution >= 4 is 21.6 Å². The molecule has 0 aliphatic carbocycles. The van der Waals surface area contributed by atoms with Crippen molar-refractivity contribution in [3.8, 4) is 11.5 Å². The molecular formula is C27H30N2O5S. The lowest BCUT2D eigenvalue weighted by Crippen LogP contribution is -2.55. The molecule has 1 N–H and O–H groups in total. The van der Waals surface area contributed by atoms with Gasteiger partial charge in [-0.05, 0) is 74.7 Å². The summed E-state index contributed by atoms with van der Waals surface area (Å²) in [5.41, 5.74) is 1.82. The highest BCUT2D eigenvalue weighted by Crippen LogP contribution is 2.38. The summed E-state index contributed by atoms with van der Waals surface area (Å²) in [5.74, 6) is 0.534. The van der Waals surface area contributed by atoms with E-state index < -0.39 is 21.7 Å². The number of hydrogen-bond donors (Lipinski definition) is 1. The number of benzene rings is 3. The van der Waals surface area contributed by atoms with Gasteiger partial charge >= 0.3 is 0 Å². The zero-order valence-corrected chi connectivity index (χ0v) is 21.1. The van der Waals surface area contributed by atoms with Gasteiger partial charge in [-0.25, -0.2) is 8.42 Å². The van der Waals surface area contributed by atoms with Gasteiger partial charge in [0.25, 0.3) is 15.9 Å². The van der Waals surface area contributed by atoms with Crippen LogP contribution in [-0.4, -0.2) is 39.6 Å². The van der Waals surface area contributed by atoms with Gasteiger partial charge in [0.1, 0.15) is 11.5 Å². The molecule has 0 bridgehead atoms. The van der Waals surface area contributed by atoms with Crippen LogP contribution in [0.2, 0.25) is 0 Å². The zero-order chi connectivity index (χ0) is 25.2. The van der Waals surface area contributed by atoms with Crippen molar-refractivity contribution in [3.05, 3.63) is 83.9 Å². The Kier molecular flexibility index (Phi) is 6.76. The van der Waals surface area contributed by atoms with E-state index in [-0.39, 0.29) is 17.3 Å². The highest BCUT2D eigenvalue weighted by molar-refractivity contribution is 7.92. The molecule has 1 unspecified atom stereocenters. The minimum atomic E-state index is -3.96. The lowest BCUT2D eigenvalue weighted by molar-refractivity contribution is -0.129.